The lowest BCUT2D eigenvalue weighted by Crippen LogP contribution is -2.28. The van der Waals surface area contributed by atoms with Gasteiger partial charge in [-0.15, -0.1) is 0 Å². The van der Waals surface area contributed by atoms with Crippen molar-refractivity contribution in [2.45, 2.75) is 39.2 Å². The molecule has 11 heteroatoms. The van der Waals surface area contributed by atoms with Gasteiger partial charge in [0.05, 0.1) is 24.6 Å². The van der Waals surface area contributed by atoms with E-state index in [9.17, 15) is 18.0 Å². The molecule has 0 aliphatic carbocycles. The third kappa shape index (κ3) is 7.28. The van der Waals surface area contributed by atoms with Crippen molar-refractivity contribution in [3.63, 3.8) is 0 Å². The standard InChI is InChI=1S/C25H31N3O6SSi/c1-18-13-20(14-21-16-28(27-23(18)21)35(31,32)11-12-36(3,4)5)15-22(24(29)33-2)26-25(30)34-17-19-9-7-6-8-10-19/h6-10,13-16H,11-12,17H2,1-5H3,(H,26,30)/b22-15+. The number of fused-ring (bicyclic) bond motifs is 1. The van der Waals surface area contributed by atoms with Crippen LogP contribution in [0.1, 0.15) is 16.7 Å². The predicted octanol–water partition coefficient (Wildman–Crippen LogP) is 4.30. The van der Waals surface area contributed by atoms with Crippen LogP contribution in [0.25, 0.3) is 17.0 Å². The molecule has 0 aliphatic heterocycles. The van der Waals surface area contributed by atoms with Crippen LogP contribution in [0.15, 0.2) is 54.4 Å². The molecule has 0 saturated heterocycles. The van der Waals surface area contributed by atoms with Gasteiger partial charge in [-0.2, -0.15) is 9.19 Å². The minimum atomic E-state index is -3.59. The largest absolute Gasteiger partial charge is 0.464 e. The molecular formula is C25H31N3O6SSi. The number of benzene rings is 2. The summed E-state index contributed by atoms with van der Waals surface area (Å²) in [5.41, 5.74) is 2.49. The topological polar surface area (TPSA) is 117 Å². The number of rotatable bonds is 9. The van der Waals surface area contributed by atoms with Crippen LogP contribution < -0.4 is 5.32 Å². The number of aromatic nitrogens is 2. The zero-order chi connectivity index (χ0) is 26.5. The van der Waals surface area contributed by atoms with Gasteiger partial charge in [0.25, 0.3) is 10.0 Å². The second-order valence-electron chi connectivity index (χ2n) is 9.64. The van der Waals surface area contributed by atoms with E-state index in [2.05, 4.69) is 30.1 Å². The Hall–Kier alpha value is -3.44. The number of amides is 1. The smallest absolute Gasteiger partial charge is 0.412 e. The Bertz CT molecular complexity index is 1390. The van der Waals surface area contributed by atoms with Crippen molar-refractivity contribution in [1.29, 1.82) is 0 Å². The zero-order valence-electron chi connectivity index (χ0n) is 21.1. The number of hydrogen-bond acceptors (Lipinski definition) is 7. The lowest BCUT2D eigenvalue weighted by Gasteiger charge is -2.15. The summed E-state index contributed by atoms with van der Waals surface area (Å²) in [6.07, 6.45) is 2.10. The summed E-state index contributed by atoms with van der Waals surface area (Å²) in [6.45, 7) is 8.20. The first kappa shape index (κ1) is 27.1. The van der Waals surface area contributed by atoms with Gasteiger partial charge in [0.2, 0.25) is 0 Å². The highest BCUT2D eigenvalue weighted by molar-refractivity contribution is 7.89. The van der Waals surface area contributed by atoms with Crippen molar-refractivity contribution < 1.29 is 27.5 Å². The third-order valence-electron chi connectivity index (χ3n) is 5.36. The summed E-state index contributed by atoms with van der Waals surface area (Å²) in [7, 11) is -3.94. The summed E-state index contributed by atoms with van der Waals surface area (Å²) >= 11 is 0. The van der Waals surface area contributed by atoms with Gasteiger partial charge in [0.15, 0.2) is 0 Å². The fourth-order valence-corrected chi connectivity index (χ4v) is 7.51. The van der Waals surface area contributed by atoms with Crippen LogP contribution in [0.2, 0.25) is 25.7 Å². The highest BCUT2D eigenvalue weighted by atomic mass is 32.2. The first-order valence-corrected chi connectivity index (χ1v) is 16.7. The number of methoxy groups -OCH3 is 1. The van der Waals surface area contributed by atoms with Crippen LogP contribution in [-0.2, 0) is 30.9 Å². The number of carbonyl (C=O) groups is 2. The van der Waals surface area contributed by atoms with Gasteiger partial charge in [-0.3, -0.25) is 5.32 Å². The normalized spacial score (nSPS) is 12.4. The number of esters is 1. The second kappa shape index (κ2) is 11.1. The van der Waals surface area contributed by atoms with Gasteiger partial charge >= 0.3 is 12.1 Å². The summed E-state index contributed by atoms with van der Waals surface area (Å²) in [5, 5.41) is 7.32. The number of alkyl carbamates (subject to hydrolysis) is 1. The van der Waals surface area contributed by atoms with Gasteiger partial charge in [0, 0.05) is 13.5 Å². The van der Waals surface area contributed by atoms with Crippen molar-refractivity contribution >= 4 is 47.1 Å². The van der Waals surface area contributed by atoms with Crippen molar-refractivity contribution in [2.75, 3.05) is 12.9 Å². The van der Waals surface area contributed by atoms with Crippen molar-refractivity contribution in [2.24, 2.45) is 0 Å². The van der Waals surface area contributed by atoms with Gasteiger partial charge in [-0.05, 0) is 47.9 Å². The quantitative estimate of drug-likeness (QED) is 0.249. The second-order valence-corrected chi connectivity index (χ2v) is 17.2. The lowest BCUT2D eigenvalue weighted by molar-refractivity contribution is -0.136. The number of carbonyl (C=O) groups excluding carboxylic acids is 2. The minimum Gasteiger partial charge on any atom is -0.464 e. The van der Waals surface area contributed by atoms with E-state index in [-0.39, 0.29) is 18.1 Å². The fourth-order valence-electron chi connectivity index (χ4n) is 3.36. The van der Waals surface area contributed by atoms with Crippen LogP contribution in [0.5, 0.6) is 0 Å². The van der Waals surface area contributed by atoms with E-state index in [0.717, 1.165) is 9.65 Å². The first-order valence-electron chi connectivity index (χ1n) is 11.4. The molecule has 0 unspecified atom stereocenters. The third-order valence-corrected chi connectivity index (χ3v) is 8.95. The molecule has 3 rings (SSSR count). The molecule has 0 radical (unpaired) electrons. The van der Waals surface area contributed by atoms with Gasteiger partial charge in [0.1, 0.15) is 12.3 Å². The van der Waals surface area contributed by atoms with E-state index in [1.54, 1.807) is 19.1 Å². The molecule has 0 fully saturated rings. The molecule has 1 heterocycles. The van der Waals surface area contributed by atoms with Crippen molar-refractivity contribution in [3.05, 3.63) is 71.0 Å². The van der Waals surface area contributed by atoms with Crippen LogP contribution in [0.4, 0.5) is 4.79 Å². The van der Waals surface area contributed by atoms with Crippen LogP contribution >= 0.6 is 0 Å². The Labute approximate surface area is 212 Å². The number of ether oxygens (including phenoxy) is 2. The summed E-state index contributed by atoms with van der Waals surface area (Å²) in [6, 6.07) is 13.2. The van der Waals surface area contributed by atoms with Crippen LogP contribution in [0, 0.1) is 6.92 Å². The zero-order valence-corrected chi connectivity index (χ0v) is 22.9. The Balaban J connectivity index is 1.85. The molecule has 0 aliphatic rings. The molecule has 9 nitrogen and oxygen atoms in total. The van der Waals surface area contributed by atoms with E-state index >= 15 is 0 Å². The van der Waals surface area contributed by atoms with Gasteiger partial charge in [-0.1, -0.05) is 50.0 Å². The molecule has 0 spiro atoms. The summed E-state index contributed by atoms with van der Waals surface area (Å²) in [4.78, 5) is 24.6. The molecule has 1 N–H and O–H groups in total. The predicted molar refractivity (Wildman–Crippen MR) is 142 cm³/mol. The Morgan fingerprint density at radius 1 is 1.14 bits per heavy atom. The molecule has 36 heavy (non-hydrogen) atoms. The summed E-state index contributed by atoms with van der Waals surface area (Å²) in [5.74, 6) is -0.724. The maximum atomic E-state index is 12.8. The fraction of sp³-hybridized carbons (Fsp3) is 0.320. The molecule has 3 aromatic rings. The SMILES string of the molecule is COC(=O)/C(=C\c1cc(C)c2nn(S(=O)(=O)CC[Si](C)(C)C)cc2c1)NC(=O)OCc1ccccc1. The van der Waals surface area contributed by atoms with Gasteiger partial charge < -0.3 is 9.47 Å². The van der Waals surface area contributed by atoms with E-state index < -0.39 is 30.2 Å². The average molecular weight is 530 g/mol. The molecule has 0 bridgehead atoms. The molecule has 0 saturated carbocycles. The van der Waals surface area contributed by atoms with E-state index in [0.29, 0.717) is 28.1 Å². The molecule has 2 aromatic carbocycles. The molecule has 1 aromatic heterocycles. The average Bonchev–Trinajstić information content (AvgIpc) is 3.27. The lowest BCUT2D eigenvalue weighted by atomic mass is 10.1. The number of nitrogens with zero attached hydrogens (tertiary/aromatic N) is 2. The molecule has 192 valence electrons. The maximum absolute atomic E-state index is 12.8. The Morgan fingerprint density at radius 2 is 1.83 bits per heavy atom. The van der Waals surface area contributed by atoms with E-state index in [4.69, 9.17) is 9.47 Å². The number of nitrogens with one attached hydrogen (secondary N) is 1. The van der Waals surface area contributed by atoms with Gasteiger partial charge in [-0.25, -0.2) is 18.0 Å². The van der Waals surface area contributed by atoms with Crippen molar-refractivity contribution in [3.8, 4) is 0 Å². The minimum absolute atomic E-state index is 0.0318. The number of aryl methyl sites for hydroxylation is 1. The molecular weight excluding hydrogens is 498 g/mol. The van der Waals surface area contributed by atoms with E-state index in [1.165, 1.54) is 19.4 Å². The highest BCUT2D eigenvalue weighted by Gasteiger charge is 2.22. The Morgan fingerprint density at radius 3 is 2.47 bits per heavy atom. The summed E-state index contributed by atoms with van der Waals surface area (Å²) < 4.78 is 36.7. The molecule has 1 amide bonds. The van der Waals surface area contributed by atoms with Crippen molar-refractivity contribution in [1.82, 2.24) is 14.5 Å². The van der Waals surface area contributed by atoms with E-state index in [1.807, 2.05) is 30.3 Å². The Kier molecular flexibility index (Phi) is 8.36. The molecule has 0 atom stereocenters. The highest BCUT2D eigenvalue weighted by Crippen LogP contribution is 2.23. The van der Waals surface area contributed by atoms with Crippen LogP contribution in [-0.4, -0.2) is 50.6 Å². The monoisotopic (exact) mass is 529 g/mol. The van der Waals surface area contributed by atoms with Crippen LogP contribution in [0.3, 0.4) is 0 Å². The maximum Gasteiger partial charge on any atom is 0.412 e. The first-order chi connectivity index (χ1) is 16.9. The number of hydrogen-bond donors (Lipinski definition) is 1.